The lowest BCUT2D eigenvalue weighted by atomic mass is 9.84. The molecule has 6 nitrogen and oxygen atoms in total. The Bertz CT molecular complexity index is 467. The molecule has 0 unspecified atom stereocenters. The molecule has 0 amide bonds. The van der Waals surface area contributed by atoms with Gasteiger partial charge in [0.25, 0.3) is 5.69 Å². The average Bonchev–Trinajstić information content (AvgIpc) is 2.27. The van der Waals surface area contributed by atoms with Gasteiger partial charge in [0.1, 0.15) is 5.75 Å². The first kappa shape index (κ1) is 13.0. The van der Waals surface area contributed by atoms with Gasteiger partial charge in [-0.25, -0.2) is 0 Å². The third-order valence-corrected chi connectivity index (χ3v) is 2.60. The Morgan fingerprint density at radius 3 is 2.47 bits per heavy atom. The van der Waals surface area contributed by atoms with Gasteiger partial charge in [-0.05, 0) is 19.9 Å². The minimum atomic E-state index is -1.25. The van der Waals surface area contributed by atoms with Crippen molar-refractivity contribution in [2.75, 3.05) is 7.11 Å². The molecule has 17 heavy (non-hydrogen) atoms. The van der Waals surface area contributed by atoms with Crippen LogP contribution in [0, 0.1) is 10.1 Å². The van der Waals surface area contributed by atoms with E-state index in [2.05, 4.69) is 0 Å². The maximum absolute atomic E-state index is 11.1. The lowest BCUT2D eigenvalue weighted by molar-refractivity contribution is -0.385. The number of carboxylic acid groups (broad SMARTS) is 1. The lowest BCUT2D eigenvalue weighted by Crippen LogP contribution is -2.29. The maximum atomic E-state index is 11.1. The Kier molecular flexibility index (Phi) is 3.36. The van der Waals surface area contributed by atoms with Gasteiger partial charge in [-0.2, -0.15) is 0 Å². The fourth-order valence-electron chi connectivity index (χ4n) is 1.41. The summed E-state index contributed by atoms with van der Waals surface area (Å²) in [4.78, 5) is 21.2. The molecule has 6 heteroatoms. The monoisotopic (exact) mass is 239 g/mol. The second-order valence-electron chi connectivity index (χ2n) is 4.07. The summed E-state index contributed by atoms with van der Waals surface area (Å²) in [5.41, 5.74) is -1.13. The highest BCUT2D eigenvalue weighted by Gasteiger charge is 2.33. The minimum Gasteiger partial charge on any atom is -0.496 e. The number of hydrogen-bond donors (Lipinski definition) is 1. The predicted octanol–water partition coefficient (Wildman–Crippen LogP) is 1.97. The van der Waals surface area contributed by atoms with E-state index < -0.39 is 16.3 Å². The molecular formula is C11H13NO5. The summed E-state index contributed by atoms with van der Waals surface area (Å²) in [5.74, 6) is -0.751. The van der Waals surface area contributed by atoms with Gasteiger partial charge in [0.15, 0.2) is 0 Å². The number of benzene rings is 1. The molecule has 0 aromatic heterocycles. The number of nitro benzene ring substituents is 1. The van der Waals surface area contributed by atoms with Crippen LogP contribution >= 0.6 is 0 Å². The van der Waals surface area contributed by atoms with Crippen LogP contribution in [-0.2, 0) is 10.2 Å². The molecule has 0 fully saturated rings. The second kappa shape index (κ2) is 4.40. The molecule has 1 aromatic rings. The Hall–Kier alpha value is -2.11. The average molecular weight is 239 g/mol. The summed E-state index contributed by atoms with van der Waals surface area (Å²) >= 11 is 0. The smallest absolute Gasteiger partial charge is 0.313 e. The summed E-state index contributed by atoms with van der Waals surface area (Å²) < 4.78 is 5.03. The molecule has 0 aliphatic heterocycles. The zero-order valence-electron chi connectivity index (χ0n) is 9.76. The first-order valence-electron chi connectivity index (χ1n) is 4.87. The Labute approximate surface area is 98.0 Å². The number of nitro groups is 1. The number of rotatable bonds is 4. The highest BCUT2D eigenvalue weighted by molar-refractivity contribution is 5.81. The molecule has 1 N–H and O–H groups in total. The topological polar surface area (TPSA) is 89.7 Å². The van der Waals surface area contributed by atoms with Crippen LogP contribution in [0.15, 0.2) is 18.2 Å². The fourth-order valence-corrected chi connectivity index (χ4v) is 1.41. The normalized spacial score (nSPS) is 11.0. The summed E-state index contributed by atoms with van der Waals surface area (Å²) in [6, 6.07) is 3.91. The van der Waals surface area contributed by atoms with Crippen LogP contribution in [-0.4, -0.2) is 23.1 Å². The van der Waals surface area contributed by atoms with E-state index >= 15 is 0 Å². The van der Waals surface area contributed by atoms with Crippen molar-refractivity contribution in [3.63, 3.8) is 0 Å². The lowest BCUT2D eigenvalue weighted by Gasteiger charge is -2.21. The first-order valence-corrected chi connectivity index (χ1v) is 4.87. The number of hydrogen-bond acceptors (Lipinski definition) is 4. The second-order valence-corrected chi connectivity index (χ2v) is 4.07. The molecule has 0 radical (unpaired) electrons. The summed E-state index contributed by atoms with van der Waals surface area (Å²) in [5, 5.41) is 19.8. The van der Waals surface area contributed by atoms with Gasteiger partial charge in [0.2, 0.25) is 0 Å². The van der Waals surface area contributed by atoms with Gasteiger partial charge in [-0.1, -0.05) is 0 Å². The quantitative estimate of drug-likeness (QED) is 0.640. The molecule has 0 aliphatic rings. The van der Waals surface area contributed by atoms with Crippen LogP contribution in [0.3, 0.4) is 0 Å². The molecule has 0 atom stereocenters. The van der Waals surface area contributed by atoms with E-state index in [1.807, 2.05) is 0 Å². The summed E-state index contributed by atoms with van der Waals surface area (Å²) in [7, 11) is 1.39. The zero-order valence-corrected chi connectivity index (χ0v) is 9.76. The van der Waals surface area contributed by atoms with E-state index in [0.29, 0.717) is 5.75 Å². The van der Waals surface area contributed by atoms with Crippen molar-refractivity contribution in [3.05, 3.63) is 33.9 Å². The van der Waals surface area contributed by atoms with Crippen LogP contribution in [0.25, 0.3) is 0 Å². The van der Waals surface area contributed by atoms with E-state index in [1.54, 1.807) is 0 Å². The number of ether oxygens (including phenoxy) is 1. The van der Waals surface area contributed by atoms with Crippen LogP contribution in [0.2, 0.25) is 0 Å². The van der Waals surface area contributed by atoms with Gasteiger partial charge >= 0.3 is 5.97 Å². The standard InChI is InChI=1S/C11H13NO5/c1-11(2,10(13)14)8-6-7(12(15)16)4-5-9(8)17-3/h4-6H,1-3H3,(H,13,14). The van der Waals surface area contributed by atoms with Crippen molar-refractivity contribution in [3.8, 4) is 5.75 Å². The summed E-state index contributed by atoms with van der Waals surface area (Å²) in [6.45, 7) is 2.94. The number of carboxylic acids is 1. The van der Waals surface area contributed by atoms with E-state index in [-0.39, 0.29) is 11.3 Å². The third-order valence-electron chi connectivity index (χ3n) is 2.60. The Balaban J connectivity index is 3.43. The van der Waals surface area contributed by atoms with Crippen molar-refractivity contribution in [2.24, 2.45) is 0 Å². The summed E-state index contributed by atoms with van der Waals surface area (Å²) in [6.07, 6.45) is 0. The van der Waals surface area contributed by atoms with E-state index in [0.717, 1.165) is 0 Å². The van der Waals surface area contributed by atoms with E-state index in [1.165, 1.54) is 39.2 Å². The largest absolute Gasteiger partial charge is 0.496 e. The highest BCUT2D eigenvalue weighted by atomic mass is 16.6. The zero-order chi connectivity index (χ0) is 13.2. The van der Waals surface area contributed by atoms with Gasteiger partial charge in [0, 0.05) is 17.7 Å². The van der Waals surface area contributed by atoms with Crippen molar-refractivity contribution in [2.45, 2.75) is 19.3 Å². The van der Waals surface area contributed by atoms with Crippen LogP contribution in [0.1, 0.15) is 19.4 Å². The molecule has 1 aromatic carbocycles. The minimum absolute atomic E-state index is 0.157. The fraction of sp³-hybridized carbons (Fsp3) is 0.364. The van der Waals surface area contributed by atoms with E-state index in [4.69, 9.17) is 9.84 Å². The molecule has 1 rings (SSSR count). The molecule has 92 valence electrons. The number of nitrogens with zero attached hydrogens (tertiary/aromatic N) is 1. The number of carbonyl (C=O) groups is 1. The van der Waals surface area contributed by atoms with E-state index in [9.17, 15) is 14.9 Å². The molecule has 0 saturated carbocycles. The van der Waals surface area contributed by atoms with Crippen molar-refractivity contribution in [1.82, 2.24) is 0 Å². The van der Waals surface area contributed by atoms with Crippen molar-refractivity contribution >= 4 is 11.7 Å². The van der Waals surface area contributed by atoms with Gasteiger partial charge in [-0.3, -0.25) is 14.9 Å². The molecule has 0 bridgehead atoms. The molecule has 0 heterocycles. The number of non-ortho nitro benzene ring substituents is 1. The number of aliphatic carboxylic acids is 1. The predicted molar refractivity (Wildman–Crippen MR) is 60.3 cm³/mol. The van der Waals surface area contributed by atoms with Crippen LogP contribution in [0.4, 0.5) is 5.69 Å². The van der Waals surface area contributed by atoms with Gasteiger partial charge in [0.05, 0.1) is 17.4 Å². The van der Waals surface area contributed by atoms with Gasteiger partial charge < -0.3 is 9.84 Å². The van der Waals surface area contributed by atoms with Crippen LogP contribution in [0.5, 0.6) is 5.75 Å². The third kappa shape index (κ3) is 2.35. The highest BCUT2D eigenvalue weighted by Crippen LogP contribution is 2.34. The van der Waals surface area contributed by atoms with Crippen LogP contribution < -0.4 is 4.74 Å². The van der Waals surface area contributed by atoms with Crippen molar-refractivity contribution < 1.29 is 19.6 Å². The van der Waals surface area contributed by atoms with Gasteiger partial charge in [-0.15, -0.1) is 0 Å². The maximum Gasteiger partial charge on any atom is 0.313 e. The molecule has 0 saturated heterocycles. The number of methoxy groups -OCH3 is 1. The molecular weight excluding hydrogens is 226 g/mol. The SMILES string of the molecule is COc1ccc([N+](=O)[O-])cc1C(C)(C)C(=O)O. The molecule has 0 aliphatic carbocycles. The first-order chi connectivity index (χ1) is 7.80. The Morgan fingerprint density at radius 2 is 2.06 bits per heavy atom. The Morgan fingerprint density at radius 1 is 1.47 bits per heavy atom. The van der Waals surface area contributed by atoms with Crippen molar-refractivity contribution in [1.29, 1.82) is 0 Å². The molecule has 0 spiro atoms.